The SMILES string of the molecule is CC(NCc1cn(CCO)nn1)c1ccccn1. The monoisotopic (exact) mass is 247 g/mol. The molecule has 0 aliphatic heterocycles. The third-order valence-corrected chi connectivity index (χ3v) is 2.64. The number of aromatic nitrogens is 4. The van der Waals surface area contributed by atoms with E-state index in [0.29, 0.717) is 13.1 Å². The minimum Gasteiger partial charge on any atom is -0.394 e. The van der Waals surface area contributed by atoms with Crippen molar-refractivity contribution in [1.82, 2.24) is 25.3 Å². The van der Waals surface area contributed by atoms with Crippen molar-refractivity contribution in [2.75, 3.05) is 6.61 Å². The van der Waals surface area contributed by atoms with Gasteiger partial charge in [0.25, 0.3) is 0 Å². The number of hydrogen-bond donors (Lipinski definition) is 2. The van der Waals surface area contributed by atoms with E-state index in [9.17, 15) is 0 Å². The van der Waals surface area contributed by atoms with Crippen LogP contribution in [0.4, 0.5) is 0 Å². The summed E-state index contributed by atoms with van der Waals surface area (Å²) in [6.45, 7) is 3.23. The van der Waals surface area contributed by atoms with E-state index in [-0.39, 0.29) is 12.6 Å². The van der Waals surface area contributed by atoms with Gasteiger partial charge in [0.05, 0.1) is 24.5 Å². The maximum atomic E-state index is 8.78. The Balaban J connectivity index is 1.87. The van der Waals surface area contributed by atoms with E-state index in [2.05, 4.69) is 27.5 Å². The van der Waals surface area contributed by atoms with Crippen molar-refractivity contribution < 1.29 is 5.11 Å². The lowest BCUT2D eigenvalue weighted by molar-refractivity contribution is 0.268. The molecular weight excluding hydrogens is 230 g/mol. The average molecular weight is 247 g/mol. The molecular formula is C12H17N5O. The maximum Gasteiger partial charge on any atom is 0.0965 e. The quantitative estimate of drug-likeness (QED) is 0.778. The van der Waals surface area contributed by atoms with Crippen LogP contribution in [0.2, 0.25) is 0 Å². The van der Waals surface area contributed by atoms with Crippen LogP contribution in [0.3, 0.4) is 0 Å². The van der Waals surface area contributed by atoms with E-state index in [1.807, 2.05) is 24.4 Å². The molecule has 18 heavy (non-hydrogen) atoms. The van der Waals surface area contributed by atoms with Gasteiger partial charge in [0, 0.05) is 25.0 Å². The molecule has 0 bridgehead atoms. The molecule has 0 saturated carbocycles. The second-order valence-corrected chi connectivity index (χ2v) is 4.05. The Morgan fingerprint density at radius 1 is 1.44 bits per heavy atom. The van der Waals surface area contributed by atoms with Crippen LogP contribution in [-0.2, 0) is 13.1 Å². The first-order chi connectivity index (χ1) is 8.79. The molecule has 2 N–H and O–H groups in total. The largest absolute Gasteiger partial charge is 0.394 e. The van der Waals surface area contributed by atoms with E-state index >= 15 is 0 Å². The Morgan fingerprint density at radius 2 is 2.33 bits per heavy atom. The van der Waals surface area contributed by atoms with Gasteiger partial charge < -0.3 is 10.4 Å². The van der Waals surface area contributed by atoms with Crippen LogP contribution in [0.15, 0.2) is 30.6 Å². The number of rotatable bonds is 6. The van der Waals surface area contributed by atoms with Crippen LogP contribution < -0.4 is 5.32 Å². The van der Waals surface area contributed by atoms with Gasteiger partial charge >= 0.3 is 0 Å². The number of pyridine rings is 1. The van der Waals surface area contributed by atoms with Crippen molar-refractivity contribution in [3.05, 3.63) is 42.0 Å². The van der Waals surface area contributed by atoms with Gasteiger partial charge in [0.15, 0.2) is 0 Å². The summed E-state index contributed by atoms with van der Waals surface area (Å²) >= 11 is 0. The third kappa shape index (κ3) is 3.35. The summed E-state index contributed by atoms with van der Waals surface area (Å²) in [5.74, 6) is 0. The summed E-state index contributed by atoms with van der Waals surface area (Å²) in [5.41, 5.74) is 1.85. The fourth-order valence-electron chi connectivity index (χ4n) is 1.63. The summed E-state index contributed by atoms with van der Waals surface area (Å²) < 4.78 is 1.63. The second-order valence-electron chi connectivity index (χ2n) is 4.05. The molecule has 0 saturated heterocycles. The highest BCUT2D eigenvalue weighted by Crippen LogP contribution is 2.08. The van der Waals surface area contributed by atoms with Gasteiger partial charge in [0.1, 0.15) is 0 Å². The number of nitrogens with zero attached hydrogens (tertiary/aromatic N) is 4. The van der Waals surface area contributed by atoms with Crippen molar-refractivity contribution in [2.24, 2.45) is 0 Å². The standard InChI is InChI=1S/C12H17N5O/c1-10(12-4-2-3-5-13-12)14-8-11-9-17(6-7-18)16-15-11/h2-5,9-10,14,18H,6-8H2,1H3. The summed E-state index contributed by atoms with van der Waals surface area (Å²) in [7, 11) is 0. The highest BCUT2D eigenvalue weighted by Gasteiger charge is 2.07. The number of nitrogens with one attached hydrogen (secondary N) is 1. The fraction of sp³-hybridized carbons (Fsp3) is 0.417. The Labute approximate surface area is 106 Å². The van der Waals surface area contributed by atoms with Gasteiger partial charge in [-0.25, -0.2) is 4.68 Å². The molecule has 2 aromatic heterocycles. The van der Waals surface area contributed by atoms with Gasteiger partial charge in [-0.2, -0.15) is 0 Å². The van der Waals surface area contributed by atoms with Crippen molar-refractivity contribution in [2.45, 2.75) is 26.1 Å². The number of hydrogen-bond acceptors (Lipinski definition) is 5. The smallest absolute Gasteiger partial charge is 0.0965 e. The Morgan fingerprint density at radius 3 is 3.06 bits per heavy atom. The molecule has 96 valence electrons. The molecule has 6 nitrogen and oxygen atoms in total. The van der Waals surface area contributed by atoms with Crippen molar-refractivity contribution in [3.8, 4) is 0 Å². The Hall–Kier alpha value is -1.79. The Bertz CT molecular complexity index is 470. The molecule has 0 fully saturated rings. The van der Waals surface area contributed by atoms with Crippen molar-refractivity contribution >= 4 is 0 Å². The van der Waals surface area contributed by atoms with Crippen LogP contribution in [-0.4, -0.2) is 31.7 Å². The zero-order valence-electron chi connectivity index (χ0n) is 10.3. The Kier molecular flexibility index (Phi) is 4.38. The minimum absolute atomic E-state index is 0.0700. The van der Waals surface area contributed by atoms with E-state index in [1.165, 1.54) is 0 Å². The predicted octanol–water partition coefficient (Wildman–Crippen LogP) is 0.516. The zero-order valence-corrected chi connectivity index (χ0v) is 10.3. The van der Waals surface area contributed by atoms with E-state index < -0.39 is 0 Å². The molecule has 0 spiro atoms. The molecule has 1 atom stereocenters. The average Bonchev–Trinajstić information content (AvgIpc) is 2.85. The third-order valence-electron chi connectivity index (χ3n) is 2.64. The number of aliphatic hydroxyl groups is 1. The summed E-state index contributed by atoms with van der Waals surface area (Å²) in [6.07, 6.45) is 3.61. The zero-order chi connectivity index (χ0) is 12.8. The maximum absolute atomic E-state index is 8.78. The molecule has 0 amide bonds. The highest BCUT2D eigenvalue weighted by atomic mass is 16.3. The predicted molar refractivity (Wildman–Crippen MR) is 66.6 cm³/mol. The van der Waals surface area contributed by atoms with Gasteiger partial charge in [-0.05, 0) is 19.1 Å². The summed E-state index contributed by atoms with van der Waals surface area (Å²) in [4.78, 5) is 4.29. The minimum atomic E-state index is 0.0700. The van der Waals surface area contributed by atoms with Crippen molar-refractivity contribution in [1.29, 1.82) is 0 Å². The van der Waals surface area contributed by atoms with Gasteiger partial charge in [-0.1, -0.05) is 11.3 Å². The molecule has 2 aromatic rings. The topological polar surface area (TPSA) is 75.9 Å². The molecule has 1 unspecified atom stereocenters. The summed E-state index contributed by atoms with van der Waals surface area (Å²) in [5, 5.41) is 20.0. The van der Waals surface area contributed by atoms with Crippen LogP contribution in [0.1, 0.15) is 24.4 Å². The molecule has 0 radical (unpaired) electrons. The number of aliphatic hydroxyl groups excluding tert-OH is 1. The van der Waals surface area contributed by atoms with Crippen LogP contribution in [0.25, 0.3) is 0 Å². The molecule has 2 heterocycles. The van der Waals surface area contributed by atoms with Crippen molar-refractivity contribution in [3.63, 3.8) is 0 Å². The highest BCUT2D eigenvalue weighted by molar-refractivity contribution is 5.08. The van der Waals surface area contributed by atoms with Crippen LogP contribution in [0.5, 0.6) is 0 Å². The lowest BCUT2D eigenvalue weighted by atomic mass is 10.2. The first-order valence-electron chi connectivity index (χ1n) is 5.94. The van der Waals surface area contributed by atoms with Gasteiger partial charge in [0.2, 0.25) is 0 Å². The summed E-state index contributed by atoms with van der Waals surface area (Å²) in [6, 6.07) is 6.02. The van der Waals surface area contributed by atoms with Crippen LogP contribution in [0, 0.1) is 0 Å². The lowest BCUT2D eigenvalue weighted by Gasteiger charge is -2.11. The first-order valence-corrected chi connectivity index (χ1v) is 5.94. The molecule has 0 aliphatic rings. The molecule has 2 rings (SSSR count). The van der Waals surface area contributed by atoms with E-state index in [0.717, 1.165) is 11.4 Å². The van der Waals surface area contributed by atoms with Crippen LogP contribution >= 0.6 is 0 Å². The lowest BCUT2D eigenvalue weighted by Crippen LogP contribution is -2.19. The molecule has 0 aromatic carbocycles. The van der Waals surface area contributed by atoms with E-state index in [1.54, 1.807) is 10.9 Å². The molecule has 6 heteroatoms. The fourth-order valence-corrected chi connectivity index (χ4v) is 1.63. The first kappa shape index (κ1) is 12.7. The molecule has 0 aliphatic carbocycles. The second kappa shape index (κ2) is 6.23. The van der Waals surface area contributed by atoms with Gasteiger partial charge in [-0.3, -0.25) is 4.98 Å². The van der Waals surface area contributed by atoms with E-state index in [4.69, 9.17) is 5.11 Å². The van der Waals surface area contributed by atoms with Gasteiger partial charge in [-0.15, -0.1) is 5.10 Å². The normalized spacial score (nSPS) is 12.6.